The average Bonchev–Trinajstić information content (AvgIpc) is 2.45. The highest BCUT2D eigenvalue weighted by atomic mass is 19.2. The van der Waals surface area contributed by atoms with E-state index in [2.05, 4.69) is 5.32 Å². The lowest BCUT2D eigenvalue weighted by Gasteiger charge is -2.06. The number of carbonyl (C=O) groups excluding carboxylic acids is 1. The number of benzene rings is 1. The molecular weight excluding hydrogens is 292 g/mol. The van der Waals surface area contributed by atoms with Crippen LogP contribution in [-0.2, 0) is 16.0 Å². The highest BCUT2D eigenvalue weighted by Crippen LogP contribution is 2.09. The number of amides is 1. The summed E-state index contributed by atoms with van der Waals surface area (Å²) in [6, 6.07) is 3.42. The molecule has 1 aromatic carbocycles. The van der Waals surface area contributed by atoms with E-state index in [1.54, 1.807) is 0 Å². The summed E-state index contributed by atoms with van der Waals surface area (Å²) in [4.78, 5) is 21.9. The number of nitrogens with one attached hydrogen (secondary N) is 1. The molecule has 0 saturated carbocycles. The standard InChI is InChI=1S/C16H21F2NO3/c17-13-8-7-12(10-14(13)18)11-15(20)19-9-5-3-1-2-4-6-16(21)22/h7-8,10H,1-6,9,11H2,(H,19,20)(H,21,22). The number of rotatable bonds is 10. The van der Waals surface area contributed by atoms with E-state index in [0.717, 1.165) is 37.8 Å². The molecule has 1 rings (SSSR count). The van der Waals surface area contributed by atoms with E-state index in [1.165, 1.54) is 6.07 Å². The van der Waals surface area contributed by atoms with Gasteiger partial charge in [-0.2, -0.15) is 0 Å². The van der Waals surface area contributed by atoms with Gasteiger partial charge in [-0.25, -0.2) is 8.78 Å². The first-order valence-corrected chi connectivity index (χ1v) is 7.41. The third-order valence-corrected chi connectivity index (χ3v) is 3.24. The SMILES string of the molecule is O=C(O)CCCCCCCNC(=O)Cc1ccc(F)c(F)c1. The Hall–Kier alpha value is -1.98. The molecule has 0 aromatic heterocycles. The fraction of sp³-hybridized carbons (Fsp3) is 0.500. The number of unbranched alkanes of at least 4 members (excludes halogenated alkanes) is 4. The summed E-state index contributed by atoms with van der Waals surface area (Å²) >= 11 is 0. The van der Waals surface area contributed by atoms with Crippen LogP contribution in [0.5, 0.6) is 0 Å². The fourth-order valence-electron chi connectivity index (χ4n) is 2.06. The predicted octanol–water partition coefficient (Wildman–Crippen LogP) is 3.05. The van der Waals surface area contributed by atoms with Gasteiger partial charge in [0.05, 0.1) is 6.42 Å². The summed E-state index contributed by atoms with van der Waals surface area (Å²) in [5.41, 5.74) is 0.435. The summed E-state index contributed by atoms with van der Waals surface area (Å²) in [7, 11) is 0. The summed E-state index contributed by atoms with van der Waals surface area (Å²) in [5.74, 6) is -2.87. The van der Waals surface area contributed by atoms with E-state index in [9.17, 15) is 18.4 Å². The maximum atomic E-state index is 13.0. The minimum absolute atomic E-state index is 0.0236. The normalized spacial score (nSPS) is 10.5. The van der Waals surface area contributed by atoms with Crippen LogP contribution in [0.1, 0.15) is 44.1 Å². The van der Waals surface area contributed by atoms with Crippen LogP contribution in [-0.4, -0.2) is 23.5 Å². The van der Waals surface area contributed by atoms with Crippen LogP contribution in [0.2, 0.25) is 0 Å². The Morgan fingerprint density at radius 1 is 1.00 bits per heavy atom. The molecule has 0 radical (unpaired) electrons. The maximum absolute atomic E-state index is 13.0. The molecule has 0 heterocycles. The Morgan fingerprint density at radius 2 is 1.68 bits per heavy atom. The van der Waals surface area contributed by atoms with Crippen molar-refractivity contribution in [3.8, 4) is 0 Å². The molecule has 0 aliphatic rings. The van der Waals surface area contributed by atoms with Crippen LogP contribution in [0.3, 0.4) is 0 Å². The van der Waals surface area contributed by atoms with Crippen LogP contribution in [0, 0.1) is 11.6 Å². The van der Waals surface area contributed by atoms with Crippen molar-refractivity contribution >= 4 is 11.9 Å². The van der Waals surface area contributed by atoms with E-state index in [0.29, 0.717) is 18.5 Å². The van der Waals surface area contributed by atoms with Gasteiger partial charge in [0, 0.05) is 13.0 Å². The molecule has 1 amide bonds. The molecule has 0 fully saturated rings. The van der Waals surface area contributed by atoms with Crippen LogP contribution < -0.4 is 5.32 Å². The minimum atomic E-state index is -0.952. The van der Waals surface area contributed by atoms with Gasteiger partial charge in [0.1, 0.15) is 0 Å². The molecule has 2 N–H and O–H groups in total. The summed E-state index contributed by atoms with van der Waals surface area (Å²) in [5, 5.41) is 11.2. The number of hydrogen-bond donors (Lipinski definition) is 2. The second-order valence-electron chi connectivity index (χ2n) is 5.19. The van der Waals surface area contributed by atoms with E-state index in [1.807, 2.05) is 0 Å². The predicted molar refractivity (Wildman–Crippen MR) is 78.4 cm³/mol. The lowest BCUT2D eigenvalue weighted by atomic mass is 10.1. The van der Waals surface area contributed by atoms with E-state index in [4.69, 9.17) is 5.11 Å². The van der Waals surface area contributed by atoms with Crippen molar-refractivity contribution in [2.24, 2.45) is 0 Å². The van der Waals surface area contributed by atoms with Crippen LogP contribution in [0.4, 0.5) is 8.78 Å². The zero-order valence-corrected chi connectivity index (χ0v) is 12.4. The largest absolute Gasteiger partial charge is 0.481 e. The Morgan fingerprint density at radius 3 is 2.36 bits per heavy atom. The molecule has 0 aliphatic carbocycles. The third-order valence-electron chi connectivity index (χ3n) is 3.24. The number of aliphatic carboxylic acids is 1. The fourth-order valence-corrected chi connectivity index (χ4v) is 2.06. The molecule has 122 valence electrons. The second-order valence-corrected chi connectivity index (χ2v) is 5.19. The molecule has 4 nitrogen and oxygen atoms in total. The summed E-state index contributed by atoms with van der Waals surface area (Å²) < 4.78 is 25.7. The Kier molecular flexibility index (Phi) is 8.10. The van der Waals surface area contributed by atoms with Crippen molar-refractivity contribution in [3.05, 3.63) is 35.4 Å². The van der Waals surface area contributed by atoms with Crippen molar-refractivity contribution in [3.63, 3.8) is 0 Å². The van der Waals surface area contributed by atoms with Crippen LogP contribution >= 0.6 is 0 Å². The van der Waals surface area contributed by atoms with Gasteiger partial charge in [0.2, 0.25) is 5.91 Å². The minimum Gasteiger partial charge on any atom is -0.481 e. The van der Waals surface area contributed by atoms with Gasteiger partial charge < -0.3 is 10.4 Å². The van der Waals surface area contributed by atoms with E-state index in [-0.39, 0.29) is 18.7 Å². The topological polar surface area (TPSA) is 66.4 Å². The smallest absolute Gasteiger partial charge is 0.303 e. The Balaban J connectivity index is 2.08. The first-order valence-electron chi connectivity index (χ1n) is 7.41. The monoisotopic (exact) mass is 313 g/mol. The second kappa shape index (κ2) is 9.87. The first kappa shape index (κ1) is 18.1. The number of carboxylic acid groups (broad SMARTS) is 1. The molecule has 0 aliphatic heterocycles. The lowest BCUT2D eigenvalue weighted by molar-refractivity contribution is -0.137. The van der Waals surface area contributed by atoms with Crippen molar-refractivity contribution in [2.45, 2.75) is 44.9 Å². The first-order chi connectivity index (χ1) is 10.5. The molecule has 22 heavy (non-hydrogen) atoms. The van der Waals surface area contributed by atoms with Gasteiger partial charge in [0.15, 0.2) is 11.6 Å². The zero-order chi connectivity index (χ0) is 16.4. The quantitative estimate of drug-likeness (QED) is 0.652. The Bertz CT molecular complexity index is 506. The highest BCUT2D eigenvalue weighted by molar-refractivity contribution is 5.78. The number of carbonyl (C=O) groups is 2. The van der Waals surface area contributed by atoms with Crippen molar-refractivity contribution in [2.75, 3.05) is 6.54 Å². The summed E-state index contributed by atoms with van der Waals surface area (Å²) in [6.07, 6.45) is 4.45. The Labute approximate surface area is 128 Å². The van der Waals surface area contributed by atoms with Gasteiger partial charge in [-0.15, -0.1) is 0 Å². The average molecular weight is 313 g/mol. The number of hydrogen-bond acceptors (Lipinski definition) is 2. The van der Waals surface area contributed by atoms with Gasteiger partial charge in [0.25, 0.3) is 0 Å². The number of carboxylic acids is 1. The molecule has 0 bridgehead atoms. The molecule has 6 heteroatoms. The van der Waals surface area contributed by atoms with Gasteiger partial charge in [-0.3, -0.25) is 9.59 Å². The van der Waals surface area contributed by atoms with Crippen LogP contribution in [0.25, 0.3) is 0 Å². The number of halogens is 2. The van der Waals surface area contributed by atoms with Crippen LogP contribution in [0.15, 0.2) is 18.2 Å². The summed E-state index contributed by atoms with van der Waals surface area (Å²) in [6.45, 7) is 0.529. The highest BCUT2D eigenvalue weighted by Gasteiger charge is 2.06. The lowest BCUT2D eigenvalue weighted by Crippen LogP contribution is -2.26. The van der Waals surface area contributed by atoms with Gasteiger partial charge in [-0.1, -0.05) is 25.3 Å². The van der Waals surface area contributed by atoms with Crippen molar-refractivity contribution in [1.29, 1.82) is 0 Å². The molecule has 0 spiro atoms. The van der Waals surface area contributed by atoms with E-state index >= 15 is 0 Å². The van der Waals surface area contributed by atoms with Gasteiger partial charge in [-0.05, 0) is 30.5 Å². The van der Waals surface area contributed by atoms with Crippen molar-refractivity contribution in [1.82, 2.24) is 5.32 Å². The molecule has 0 saturated heterocycles. The molecular formula is C16H21F2NO3. The van der Waals surface area contributed by atoms with Gasteiger partial charge >= 0.3 is 5.97 Å². The molecule has 0 atom stereocenters. The third kappa shape index (κ3) is 7.71. The molecule has 1 aromatic rings. The molecule has 0 unspecified atom stereocenters. The van der Waals surface area contributed by atoms with E-state index < -0.39 is 17.6 Å². The van der Waals surface area contributed by atoms with Crippen molar-refractivity contribution < 1.29 is 23.5 Å². The maximum Gasteiger partial charge on any atom is 0.303 e. The zero-order valence-electron chi connectivity index (χ0n) is 12.4.